The lowest BCUT2D eigenvalue weighted by Gasteiger charge is -2.21. The number of aromatic amines is 1. The van der Waals surface area contributed by atoms with Gasteiger partial charge in [0.15, 0.2) is 0 Å². The Kier molecular flexibility index (Phi) is 6.99. The summed E-state index contributed by atoms with van der Waals surface area (Å²) in [4.78, 5) is 15.1. The molecule has 0 aliphatic rings. The van der Waals surface area contributed by atoms with Gasteiger partial charge in [-0.25, -0.2) is 0 Å². The third-order valence-electron chi connectivity index (χ3n) is 4.58. The minimum absolute atomic E-state index is 0.118. The average Bonchev–Trinajstić information content (AvgIpc) is 3.26. The highest BCUT2D eigenvalue weighted by molar-refractivity contribution is 5.95. The highest BCUT2D eigenvalue weighted by atomic mass is 16.5. The van der Waals surface area contributed by atoms with Crippen LogP contribution in [-0.2, 0) is 4.79 Å². The molecule has 7 heteroatoms. The second kappa shape index (κ2) is 9.86. The molecule has 1 heterocycles. The Morgan fingerprint density at radius 3 is 2.62 bits per heavy atom. The second-order valence-corrected chi connectivity index (χ2v) is 7.02. The van der Waals surface area contributed by atoms with E-state index in [0.29, 0.717) is 6.54 Å². The molecule has 0 fully saturated rings. The van der Waals surface area contributed by atoms with Gasteiger partial charge in [0.05, 0.1) is 13.3 Å². The van der Waals surface area contributed by atoms with E-state index in [9.17, 15) is 4.79 Å². The van der Waals surface area contributed by atoms with Gasteiger partial charge in [0.2, 0.25) is 5.91 Å². The maximum absolute atomic E-state index is 13.1. The van der Waals surface area contributed by atoms with Gasteiger partial charge in [0.25, 0.3) is 0 Å². The number of hydrogen-bond donors (Lipinski definition) is 3. The Labute approximate surface area is 171 Å². The zero-order valence-corrected chi connectivity index (χ0v) is 17.0. The maximum atomic E-state index is 13.1. The van der Waals surface area contributed by atoms with Gasteiger partial charge in [0, 0.05) is 30.5 Å². The normalized spacial score (nSPS) is 12.0. The number of likely N-dealkylation sites (N-methyl/N-ethyl adjacent to an activating group) is 1. The van der Waals surface area contributed by atoms with Crippen molar-refractivity contribution in [3.63, 3.8) is 0 Å². The molecule has 1 aromatic heterocycles. The molecule has 152 valence electrons. The second-order valence-electron chi connectivity index (χ2n) is 7.02. The van der Waals surface area contributed by atoms with E-state index in [4.69, 9.17) is 4.74 Å². The fourth-order valence-corrected chi connectivity index (χ4v) is 2.98. The molecule has 2 aromatic carbocycles. The number of nitrogens with one attached hydrogen (secondary N) is 3. The first kappa shape index (κ1) is 20.6. The van der Waals surface area contributed by atoms with Gasteiger partial charge in [-0.05, 0) is 49.5 Å². The highest BCUT2D eigenvalue weighted by Crippen LogP contribution is 2.23. The van der Waals surface area contributed by atoms with Crippen LogP contribution in [0.2, 0.25) is 0 Å². The Morgan fingerprint density at radius 2 is 1.97 bits per heavy atom. The van der Waals surface area contributed by atoms with Crippen molar-refractivity contribution in [1.82, 2.24) is 20.4 Å². The number of benzene rings is 2. The van der Waals surface area contributed by atoms with Crippen LogP contribution in [0.15, 0.2) is 60.9 Å². The molecule has 0 bridgehead atoms. The predicted molar refractivity (Wildman–Crippen MR) is 115 cm³/mol. The number of nitrogens with zero attached hydrogens (tertiary/aromatic N) is 2. The zero-order valence-electron chi connectivity index (χ0n) is 17.0. The summed E-state index contributed by atoms with van der Waals surface area (Å²) in [7, 11) is 5.63. The van der Waals surface area contributed by atoms with Crippen LogP contribution in [-0.4, -0.2) is 55.3 Å². The van der Waals surface area contributed by atoms with Crippen LogP contribution in [0.3, 0.4) is 0 Å². The Bertz CT molecular complexity index is 907. The van der Waals surface area contributed by atoms with E-state index in [1.54, 1.807) is 13.3 Å². The van der Waals surface area contributed by atoms with Gasteiger partial charge in [-0.15, -0.1) is 0 Å². The van der Waals surface area contributed by atoms with Crippen LogP contribution < -0.4 is 15.4 Å². The fourth-order valence-electron chi connectivity index (χ4n) is 2.98. The monoisotopic (exact) mass is 393 g/mol. The quantitative estimate of drug-likeness (QED) is 0.521. The summed E-state index contributed by atoms with van der Waals surface area (Å²) in [5.41, 5.74) is 3.63. The molecule has 0 saturated heterocycles. The molecular formula is C22H27N5O2. The number of aromatic nitrogens is 2. The van der Waals surface area contributed by atoms with Gasteiger partial charge in [-0.2, -0.15) is 5.10 Å². The minimum atomic E-state index is -0.487. The number of ether oxygens (including phenoxy) is 1. The lowest BCUT2D eigenvalue weighted by molar-refractivity contribution is -0.118. The number of rotatable bonds is 9. The minimum Gasteiger partial charge on any atom is -0.497 e. The summed E-state index contributed by atoms with van der Waals surface area (Å²) < 4.78 is 5.32. The Hall–Kier alpha value is -3.16. The van der Waals surface area contributed by atoms with Crippen LogP contribution in [0.4, 0.5) is 5.69 Å². The van der Waals surface area contributed by atoms with Crippen molar-refractivity contribution in [3.05, 3.63) is 66.5 Å². The summed E-state index contributed by atoms with van der Waals surface area (Å²) in [5.74, 6) is 0.604. The summed E-state index contributed by atoms with van der Waals surface area (Å²) in [6.07, 6.45) is 3.60. The van der Waals surface area contributed by atoms with E-state index < -0.39 is 6.04 Å². The molecule has 1 atom stereocenters. The van der Waals surface area contributed by atoms with Crippen LogP contribution in [0, 0.1) is 0 Å². The van der Waals surface area contributed by atoms with Crippen molar-refractivity contribution in [2.24, 2.45) is 0 Å². The predicted octanol–water partition coefficient (Wildman–Crippen LogP) is 2.92. The third-order valence-corrected chi connectivity index (χ3v) is 4.58. The Balaban J connectivity index is 1.74. The van der Waals surface area contributed by atoms with Crippen molar-refractivity contribution in [3.8, 4) is 16.9 Å². The molecule has 7 nitrogen and oxygen atoms in total. The molecular weight excluding hydrogens is 366 g/mol. The first-order valence-corrected chi connectivity index (χ1v) is 9.49. The van der Waals surface area contributed by atoms with Gasteiger partial charge in [-0.3, -0.25) is 9.89 Å². The van der Waals surface area contributed by atoms with Crippen LogP contribution in [0.5, 0.6) is 5.75 Å². The topological polar surface area (TPSA) is 82.3 Å². The van der Waals surface area contributed by atoms with Gasteiger partial charge >= 0.3 is 0 Å². The third kappa shape index (κ3) is 5.66. The summed E-state index contributed by atoms with van der Waals surface area (Å²) in [5, 5.41) is 13.1. The van der Waals surface area contributed by atoms with E-state index in [1.165, 1.54) is 0 Å². The molecule has 29 heavy (non-hydrogen) atoms. The number of hydrogen-bond acceptors (Lipinski definition) is 5. The van der Waals surface area contributed by atoms with Gasteiger partial charge in [0.1, 0.15) is 11.8 Å². The maximum Gasteiger partial charge on any atom is 0.246 e. The molecule has 3 aromatic rings. The number of methoxy groups -OCH3 is 1. The SMILES string of the molecule is COc1cccc(C(NCCN(C)C)C(=O)Nc2ccc(-c3cn[nH]c3)cc2)c1. The highest BCUT2D eigenvalue weighted by Gasteiger charge is 2.21. The molecule has 0 radical (unpaired) electrons. The summed E-state index contributed by atoms with van der Waals surface area (Å²) >= 11 is 0. The number of anilines is 1. The van der Waals surface area contributed by atoms with Crippen molar-refractivity contribution >= 4 is 11.6 Å². The number of carbonyl (C=O) groups excluding carboxylic acids is 1. The van der Waals surface area contributed by atoms with Crippen LogP contribution in [0.25, 0.3) is 11.1 Å². The summed E-state index contributed by atoms with van der Waals surface area (Å²) in [6.45, 7) is 1.51. The first-order valence-electron chi connectivity index (χ1n) is 9.49. The van der Waals surface area contributed by atoms with Gasteiger partial charge in [-0.1, -0.05) is 24.3 Å². The van der Waals surface area contributed by atoms with Crippen molar-refractivity contribution in [1.29, 1.82) is 0 Å². The molecule has 0 aliphatic heterocycles. The van der Waals surface area contributed by atoms with E-state index in [-0.39, 0.29) is 5.91 Å². The molecule has 0 saturated carbocycles. The largest absolute Gasteiger partial charge is 0.497 e. The van der Waals surface area contributed by atoms with E-state index in [0.717, 1.165) is 34.7 Å². The molecule has 3 N–H and O–H groups in total. The van der Waals surface area contributed by atoms with E-state index in [2.05, 4.69) is 25.7 Å². The molecule has 1 amide bonds. The smallest absolute Gasteiger partial charge is 0.246 e. The average molecular weight is 393 g/mol. The number of H-pyrrole nitrogens is 1. The zero-order chi connectivity index (χ0) is 20.6. The van der Waals surface area contributed by atoms with Crippen LogP contribution in [0.1, 0.15) is 11.6 Å². The standard InChI is InChI=1S/C22H27N5O2/c1-27(2)12-11-23-21(17-5-4-6-20(13-17)29-3)22(28)26-19-9-7-16(8-10-19)18-14-24-25-15-18/h4-10,13-15,21,23H,11-12H2,1-3H3,(H,24,25)(H,26,28). The lowest BCUT2D eigenvalue weighted by Crippen LogP contribution is -2.36. The van der Waals surface area contributed by atoms with Crippen molar-refractivity contribution in [2.45, 2.75) is 6.04 Å². The molecule has 0 aliphatic carbocycles. The van der Waals surface area contributed by atoms with E-state index >= 15 is 0 Å². The first-order chi connectivity index (χ1) is 14.1. The van der Waals surface area contributed by atoms with Gasteiger partial charge < -0.3 is 20.3 Å². The van der Waals surface area contributed by atoms with Crippen molar-refractivity contribution < 1.29 is 9.53 Å². The number of carbonyl (C=O) groups is 1. The summed E-state index contributed by atoms with van der Waals surface area (Å²) in [6, 6.07) is 14.8. The fraction of sp³-hybridized carbons (Fsp3) is 0.273. The number of amides is 1. The van der Waals surface area contributed by atoms with Crippen LogP contribution >= 0.6 is 0 Å². The van der Waals surface area contributed by atoms with Crippen molar-refractivity contribution in [2.75, 3.05) is 39.6 Å². The Morgan fingerprint density at radius 1 is 1.17 bits per heavy atom. The molecule has 1 unspecified atom stereocenters. The molecule has 3 rings (SSSR count). The lowest BCUT2D eigenvalue weighted by atomic mass is 10.0. The molecule has 0 spiro atoms. The van der Waals surface area contributed by atoms with E-state index in [1.807, 2.05) is 68.8 Å².